The van der Waals surface area contributed by atoms with Gasteiger partial charge in [0, 0.05) is 31.7 Å². The van der Waals surface area contributed by atoms with Gasteiger partial charge in [-0.1, -0.05) is 6.92 Å². The van der Waals surface area contributed by atoms with Crippen LogP contribution in [0, 0.1) is 6.92 Å². The van der Waals surface area contributed by atoms with Gasteiger partial charge in [0.15, 0.2) is 0 Å². The van der Waals surface area contributed by atoms with Gasteiger partial charge in [0.05, 0.1) is 0 Å². The number of likely N-dealkylation sites (N-methyl/N-ethyl adjacent to an activating group) is 1. The molecule has 0 aromatic carbocycles. The van der Waals surface area contributed by atoms with Crippen molar-refractivity contribution in [2.45, 2.75) is 39.2 Å². The van der Waals surface area contributed by atoms with Crippen LogP contribution in [0.2, 0.25) is 0 Å². The standard InChI is InChI=1S/C15H27N5/c1-5-8-16-14-10-15(18-12(2)17-14)20-9-6-7-13(11-20)19(3)4/h10,13H,5-9,11H2,1-4H3,(H,16,17,18). The smallest absolute Gasteiger partial charge is 0.134 e. The number of aryl methyl sites for hydroxylation is 1. The summed E-state index contributed by atoms with van der Waals surface area (Å²) in [6.45, 7) is 7.23. The summed E-state index contributed by atoms with van der Waals surface area (Å²) in [4.78, 5) is 13.8. The Morgan fingerprint density at radius 2 is 2.20 bits per heavy atom. The minimum Gasteiger partial charge on any atom is -0.370 e. The second kappa shape index (κ2) is 6.88. The number of aromatic nitrogens is 2. The van der Waals surface area contributed by atoms with Gasteiger partial charge in [-0.15, -0.1) is 0 Å². The summed E-state index contributed by atoms with van der Waals surface area (Å²) in [5.41, 5.74) is 0. The lowest BCUT2D eigenvalue weighted by atomic mass is 10.1. The summed E-state index contributed by atoms with van der Waals surface area (Å²) in [6, 6.07) is 2.70. The fraction of sp³-hybridized carbons (Fsp3) is 0.733. The van der Waals surface area contributed by atoms with E-state index in [0.29, 0.717) is 6.04 Å². The van der Waals surface area contributed by atoms with Crippen LogP contribution < -0.4 is 10.2 Å². The number of hydrogen-bond acceptors (Lipinski definition) is 5. The summed E-state index contributed by atoms with van der Waals surface area (Å²) in [7, 11) is 4.32. The number of anilines is 2. The first-order valence-corrected chi connectivity index (χ1v) is 7.61. The zero-order valence-electron chi connectivity index (χ0n) is 13.2. The fourth-order valence-corrected chi connectivity index (χ4v) is 2.64. The van der Waals surface area contributed by atoms with Gasteiger partial charge in [-0.2, -0.15) is 0 Å². The third-order valence-electron chi connectivity index (χ3n) is 3.83. The summed E-state index contributed by atoms with van der Waals surface area (Å²) < 4.78 is 0. The summed E-state index contributed by atoms with van der Waals surface area (Å²) in [5, 5.41) is 3.36. The Labute approximate surface area is 122 Å². The molecule has 0 aliphatic carbocycles. The van der Waals surface area contributed by atoms with Crippen molar-refractivity contribution in [3.63, 3.8) is 0 Å². The van der Waals surface area contributed by atoms with E-state index >= 15 is 0 Å². The molecule has 0 spiro atoms. The summed E-state index contributed by atoms with van der Waals surface area (Å²) in [5.74, 6) is 2.84. The summed E-state index contributed by atoms with van der Waals surface area (Å²) >= 11 is 0. The molecule has 1 aromatic rings. The zero-order valence-corrected chi connectivity index (χ0v) is 13.2. The second-order valence-corrected chi connectivity index (χ2v) is 5.79. The molecule has 20 heavy (non-hydrogen) atoms. The van der Waals surface area contributed by atoms with E-state index in [0.717, 1.165) is 43.5 Å². The van der Waals surface area contributed by atoms with Gasteiger partial charge in [0.2, 0.25) is 0 Å². The van der Waals surface area contributed by atoms with Gasteiger partial charge < -0.3 is 15.1 Å². The zero-order chi connectivity index (χ0) is 14.5. The SMILES string of the molecule is CCCNc1cc(N2CCCC(N(C)C)C2)nc(C)n1. The first-order valence-electron chi connectivity index (χ1n) is 7.61. The molecule has 2 heterocycles. The van der Waals surface area contributed by atoms with E-state index in [2.05, 4.69) is 52.2 Å². The van der Waals surface area contributed by atoms with Crippen molar-refractivity contribution in [2.75, 3.05) is 43.9 Å². The average Bonchev–Trinajstić information content (AvgIpc) is 2.44. The molecule has 5 nitrogen and oxygen atoms in total. The average molecular weight is 277 g/mol. The van der Waals surface area contributed by atoms with Gasteiger partial charge in [-0.05, 0) is 40.3 Å². The van der Waals surface area contributed by atoms with Crippen LogP contribution in [-0.4, -0.2) is 54.6 Å². The van der Waals surface area contributed by atoms with Crippen molar-refractivity contribution in [1.82, 2.24) is 14.9 Å². The van der Waals surface area contributed by atoms with E-state index in [9.17, 15) is 0 Å². The Balaban J connectivity index is 2.12. The van der Waals surface area contributed by atoms with Crippen LogP contribution in [-0.2, 0) is 0 Å². The van der Waals surface area contributed by atoms with Crippen LogP contribution in [0.4, 0.5) is 11.6 Å². The third-order valence-corrected chi connectivity index (χ3v) is 3.83. The van der Waals surface area contributed by atoms with Crippen molar-refractivity contribution >= 4 is 11.6 Å². The Kier molecular flexibility index (Phi) is 5.17. The molecule has 1 unspecified atom stereocenters. The van der Waals surface area contributed by atoms with E-state index in [4.69, 9.17) is 0 Å². The predicted octanol–water partition coefficient (Wildman–Crippen LogP) is 2.14. The molecule has 1 aliphatic rings. The minimum atomic E-state index is 0.617. The Morgan fingerprint density at radius 3 is 2.90 bits per heavy atom. The molecule has 2 rings (SSSR count). The fourth-order valence-electron chi connectivity index (χ4n) is 2.64. The third kappa shape index (κ3) is 3.82. The molecule has 1 saturated heterocycles. The van der Waals surface area contributed by atoms with Gasteiger partial charge in [-0.3, -0.25) is 0 Å². The highest BCUT2D eigenvalue weighted by Crippen LogP contribution is 2.22. The molecular weight excluding hydrogens is 250 g/mol. The molecule has 112 valence electrons. The van der Waals surface area contributed by atoms with Gasteiger partial charge in [-0.25, -0.2) is 9.97 Å². The molecule has 1 aromatic heterocycles. The molecule has 5 heteroatoms. The van der Waals surface area contributed by atoms with E-state index in [-0.39, 0.29) is 0 Å². The van der Waals surface area contributed by atoms with E-state index in [1.54, 1.807) is 0 Å². The number of hydrogen-bond donors (Lipinski definition) is 1. The maximum absolute atomic E-state index is 4.62. The minimum absolute atomic E-state index is 0.617. The Bertz CT molecular complexity index is 432. The predicted molar refractivity (Wildman–Crippen MR) is 84.5 cm³/mol. The highest BCUT2D eigenvalue weighted by Gasteiger charge is 2.22. The summed E-state index contributed by atoms with van der Waals surface area (Å²) in [6.07, 6.45) is 3.60. The molecule has 0 amide bonds. The molecule has 1 N–H and O–H groups in total. The highest BCUT2D eigenvalue weighted by molar-refractivity contribution is 5.49. The lowest BCUT2D eigenvalue weighted by molar-refractivity contribution is 0.257. The number of piperidine rings is 1. The second-order valence-electron chi connectivity index (χ2n) is 5.79. The number of nitrogens with one attached hydrogen (secondary N) is 1. The van der Waals surface area contributed by atoms with Crippen molar-refractivity contribution in [2.24, 2.45) is 0 Å². The molecular formula is C15H27N5. The number of rotatable bonds is 5. The Morgan fingerprint density at radius 1 is 1.40 bits per heavy atom. The van der Waals surface area contributed by atoms with E-state index < -0.39 is 0 Å². The monoisotopic (exact) mass is 277 g/mol. The van der Waals surface area contributed by atoms with Crippen molar-refractivity contribution in [1.29, 1.82) is 0 Å². The molecule has 1 atom stereocenters. The molecule has 0 radical (unpaired) electrons. The molecule has 1 fully saturated rings. The number of nitrogens with zero attached hydrogens (tertiary/aromatic N) is 4. The van der Waals surface area contributed by atoms with Crippen LogP contribution in [0.15, 0.2) is 6.07 Å². The first-order chi connectivity index (χ1) is 9.60. The molecule has 0 saturated carbocycles. The Hall–Kier alpha value is -1.36. The lowest BCUT2D eigenvalue weighted by Crippen LogP contribution is -2.45. The van der Waals surface area contributed by atoms with Gasteiger partial charge in [0.25, 0.3) is 0 Å². The first kappa shape index (κ1) is 15.0. The van der Waals surface area contributed by atoms with Crippen LogP contribution >= 0.6 is 0 Å². The van der Waals surface area contributed by atoms with Crippen LogP contribution in [0.1, 0.15) is 32.0 Å². The van der Waals surface area contributed by atoms with Crippen LogP contribution in [0.5, 0.6) is 0 Å². The topological polar surface area (TPSA) is 44.3 Å². The van der Waals surface area contributed by atoms with Crippen molar-refractivity contribution in [3.05, 3.63) is 11.9 Å². The van der Waals surface area contributed by atoms with E-state index in [1.165, 1.54) is 12.8 Å². The largest absolute Gasteiger partial charge is 0.370 e. The van der Waals surface area contributed by atoms with Gasteiger partial charge >= 0.3 is 0 Å². The lowest BCUT2D eigenvalue weighted by Gasteiger charge is -2.36. The van der Waals surface area contributed by atoms with Crippen LogP contribution in [0.25, 0.3) is 0 Å². The molecule has 1 aliphatic heterocycles. The van der Waals surface area contributed by atoms with Crippen LogP contribution in [0.3, 0.4) is 0 Å². The van der Waals surface area contributed by atoms with E-state index in [1.807, 2.05) is 6.92 Å². The van der Waals surface area contributed by atoms with Gasteiger partial charge in [0.1, 0.15) is 17.5 Å². The normalized spacial score (nSPS) is 19.4. The quantitative estimate of drug-likeness (QED) is 0.893. The molecule has 0 bridgehead atoms. The maximum atomic E-state index is 4.62. The maximum Gasteiger partial charge on any atom is 0.134 e. The highest BCUT2D eigenvalue weighted by atomic mass is 15.2. The van der Waals surface area contributed by atoms with Crippen molar-refractivity contribution in [3.8, 4) is 0 Å². The van der Waals surface area contributed by atoms with Crippen molar-refractivity contribution < 1.29 is 0 Å².